The van der Waals surface area contributed by atoms with Crippen LogP contribution in [-0.2, 0) is 24.2 Å². The number of rotatable bonds is 8. The predicted molar refractivity (Wildman–Crippen MR) is 109 cm³/mol. The molecule has 1 amide bonds. The van der Waals surface area contributed by atoms with Gasteiger partial charge in [-0.1, -0.05) is 6.92 Å². The van der Waals surface area contributed by atoms with E-state index in [9.17, 15) is 9.59 Å². The highest BCUT2D eigenvalue weighted by Gasteiger charge is 2.08. The molecule has 0 aliphatic rings. The first-order valence-corrected chi connectivity index (χ1v) is 9.88. The molecule has 0 spiro atoms. The van der Waals surface area contributed by atoms with Crippen molar-refractivity contribution in [2.75, 3.05) is 13.7 Å². The molecule has 0 atom stereocenters. The van der Waals surface area contributed by atoms with Crippen LogP contribution in [0.1, 0.15) is 18.3 Å². The molecule has 2 aromatic heterocycles. The fourth-order valence-electron chi connectivity index (χ4n) is 2.60. The van der Waals surface area contributed by atoms with Crippen molar-refractivity contribution in [3.63, 3.8) is 0 Å². The lowest BCUT2D eigenvalue weighted by atomic mass is 10.2. The summed E-state index contributed by atoms with van der Waals surface area (Å²) in [5, 5.41) is 5.74. The van der Waals surface area contributed by atoms with Crippen molar-refractivity contribution < 1.29 is 9.53 Å². The van der Waals surface area contributed by atoms with Gasteiger partial charge >= 0.3 is 0 Å². The van der Waals surface area contributed by atoms with Crippen LogP contribution in [-0.4, -0.2) is 34.1 Å². The van der Waals surface area contributed by atoms with E-state index in [-0.39, 0.29) is 18.0 Å². The highest BCUT2D eigenvalue weighted by Crippen LogP contribution is 2.25. The Morgan fingerprint density at radius 3 is 2.71 bits per heavy atom. The Morgan fingerprint density at radius 2 is 2.04 bits per heavy atom. The Labute approximate surface area is 167 Å². The second-order valence-electron chi connectivity index (χ2n) is 6.17. The summed E-state index contributed by atoms with van der Waals surface area (Å²) in [5.74, 6) is 0.584. The Bertz CT molecular complexity index is 995. The molecule has 0 radical (unpaired) electrons. The summed E-state index contributed by atoms with van der Waals surface area (Å²) >= 11 is 1.56. The molecule has 7 nitrogen and oxygen atoms in total. The lowest BCUT2D eigenvalue weighted by Gasteiger charge is -2.07. The maximum absolute atomic E-state index is 12.1. The van der Waals surface area contributed by atoms with Crippen LogP contribution in [0.2, 0.25) is 0 Å². The van der Waals surface area contributed by atoms with Gasteiger partial charge in [-0.3, -0.25) is 14.2 Å². The van der Waals surface area contributed by atoms with Crippen LogP contribution in [0.3, 0.4) is 0 Å². The summed E-state index contributed by atoms with van der Waals surface area (Å²) in [5.41, 5.74) is 2.45. The summed E-state index contributed by atoms with van der Waals surface area (Å²) < 4.78 is 6.47. The average Bonchev–Trinajstić information content (AvgIpc) is 3.18. The highest BCUT2D eigenvalue weighted by molar-refractivity contribution is 7.13. The van der Waals surface area contributed by atoms with Gasteiger partial charge in [-0.05, 0) is 30.7 Å². The van der Waals surface area contributed by atoms with E-state index in [1.54, 1.807) is 18.4 Å². The van der Waals surface area contributed by atoms with Crippen molar-refractivity contribution in [2.45, 2.75) is 26.3 Å². The molecule has 1 N–H and O–H groups in total. The number of aromatic nitrogens is 3. The third-order valence-corrected chi connectivity index (χ3v) is 5.14. The van der Waals surface area contributed by atoms with E-state index in [1.165, 1.54) is 17.0 Å². The normalized spacial score (nSPS) is 10.6. The van der Waals surface area contributed by atoms with Crippen molar-refractivity contribution in [1.82, 2.24) is 19.9 Å². The zero-order valence-corrected chi connectivity index (χ0v) is 16.7. The van der Waals surface area contributed by atoms with Gasteiger partial charge < -0.3 is 10.1 Å². The molecule has 2 heterocycles. The number of thiazole rings is 1. The molecule has 3 aromatic rings. The van der Waals surface area contributed by atoms with Crippen molar-refractivity contribution >= 4 is 17.2 Å². The van der Waals surface area contributed by atoms with Crippen LogP contribution in [0, 0.1) is 0 Å². The van der Waals surface area contributed by atoms with Gasteiger partial charge in [-0.15, -0.1) is 11.3 Å². The largest absolute Gasteiger partial charge is 0.497 e. The minimum absolute atomic E-state index is 0.0377. The van der Waals surface area contributed by atoms with Crippen LogP contribution in [0.5, 0.6) is 5.75 Å². The SMILES string of the molecule is CCc1cc(=O)n(CC(=O)NCCc2csc(-c3ccc(OC)cc3)n2)cn1. The number of carbonyl (C=O) groups excluding carboxylic acids is 1. The van der Waals surface area contributed by atoms with Gasteiger partial charge in [0.05, 0.1) is 19.1 Å². The van der Waals surface area contributed by atoms with E-state index < -0.39 is 0 Å². The number of ether oxygens (including phenoxy) is 1. The average molecular weight is 398 g/mol. The number of benzene rings is 1. The van der Waals surface area contributed by atoms with Crippen molar-refractivity contribution in [3.8, 4) is 16.3 Å². The Balaban J connectivity index is 1.50. The van der Waals surface area contributed by atoms with Gasteiger partial charge in [0.1, 0.15) is 17.3 Å². The molecule has 0 bridgehead atoms. The number of nitrogens with zero attached hydrogens (tertiary/aromatic N) is 3. The standard InChI is InChI=1S/C20H22N4O3S/c1-3-15-10-19(26)24(13-22-15)11-18(25)21-9-8-16-12-28-20(23-16)14-4-6-17(27-2)7-5-14/h4-7,10,12-13H,3,8-9,11H2,1-2H3,(H,21,25). The molecule has 0 saturated heterocycles. The monoisotopic (exact) mass is 398 g/mol. The lowest BCUT2D eigenvalue weighted by Crippen LogP contribution is -2.33. The zero-order valence-electron chi connectivity index (χ0n) is 15.8. The van der Waals surface area contributed by atoms with E-state index in [0.29, 0.717) is 19.4 Å². The molecule has 0 unspecified atom stereocenters. The molecular weight excluding hydrogens is 376 g/mol. The van der Waals surface area contributed by atoms with E-state index >= 15 is 0 Å². The number of hydrogen-bond acceptors (Lipinski definition) is 6. The smallest absolute Gasteiger partial charge is 0.253 e. The Kier molecular flexibility index (Phi) is 6.54. The van der Waals surface area contributed by atoms with Gasteiger partial charge in [0.2, 0.25) is 5.91 Å². The summed E-state index contributed by atoms with van der Waals surface area (Å²) in [6, 6.07) is 9.21. The number of amides is 1. The summed E-state index contributed by atoms with van der Waals surface area (Å²) in [4.78, 5) is 32.8. The van der Waals surface area contributed by atoms with Gasteiger partial charge in [0.15, 0.2) is 0 Å². The van der Waals surface area contributed by atoms with Gasteiger partial charge in [0.25, 0.3) is 5.56 Å². The van der Waals surface area contributed by atoms with Crippen LogP contribution >= 0.6 is 11.3 Å². The molecule has 146 valence electrons. The fraction of sp³-hybridized carbons (Fsp3) is 0.300. The summed E-state index contributed by atoms with van der Waals surface area (Å²) in [7, 11) is 1.64. The molecule has 3 rings (SSSR count). The summed E-state index contributed by atoms with van der Waals surface area (Å²) in [6.45, 7) is 2.35. The molecule has 0 saturated carbocycles. The molecule has 1 aromatic carbocycles. The first-order valence-electron chi connectivity index (χ1n) is 9.00. The van der Waals surface area contributed by atoms with Gasteiger partial charge in [0, 0.05) is 35.7 Å². The van der Waals surface area contributed by atoms with Crippen molar-refractivity contribution in [3.05, 3.63) is 63.8 Å². The molecule has 0 aliphatic heterocycles. The quantitative estimate of drug-likeness (QED) is 0.629. The van der Waals surface area contributed by atoms with Crippen LogP contribution in [0.4, 0.5) is 0 Å². The van der Waals surface area contributed by atoms with Crippen molar-refractivity contribution in [1.29, 1.82) is 0 Å². The second-order valence-corrected chi connectivity index (χ2v) is 7.03. The highest BCUT2D eigenvalue weighted by atomic mass is 32.1. The second kappa shape index (κ2) is 9.27. The van der Waals surface area contributed by atoms with E-state index in [4.69, 9.17) is 4.74 Å². The van der Waals surface area contributed by atoms with Gasteiger partial charge in [-0.2, -0.15) is 0 Å². The zero-order chi connectivity index (χ0) is 19.9. The van der Waals surface area contributed by atoms with E-state index in [1.807, 2.05) is 36.6 Å². The van der Waals surface area contributed by atoms with Crippen molar-refractivity contribution in [2.24, 2.45) is 0 Å². The molecule has 8 heteroatoms. The maximum atomic E-state index is 12.1. The molecule has 28 heavy (non-hydrogen) atoms. The van der Waals surface area contributed by atoms with Crippen LogP contribution in [0.15, 0.2) is 46.8 Å². The minimum Gasteiger partial charge on any atom is -0.497 e. The Hall–Kier alpha value is -3.00. The number of carbonyl (C=O) groups is 1. The van der Waals surface area contributed by atoms with E-state index in [0.717, 1.165) is 27.7 Å². The fourth-order valence-corrected chi connectivity index (χ4v) is 3.46. The predicted octanol–water partition coefficient (Wildman–Crippen LogP) is 2.30. The number of aryl methyl sites for hydroxylation is 1. The lowest BCUT2D eigenvalue weighted by molar-refractivity contribution is -0.121. The summed E-state index contributed by atoms with van der Waals surface area (Å²) in [6.07, 6.45) is 2.73. The van der Waals surface area contributed by atoms with Crippen LogP contribution < -0.4 is 15.6 Å². The molecule has 0 fully saturated rings. The van der Waals surface area contributed by atoms with Gasteiger partial charge in [-0.25, -0.2) is 9.97 Å². The van der Waals surface area contributed by atoms with E-state index in [2.05, 4.69) is 15.3 Å². The third-order valence-electron chi connectivity index (χ3n) is 4.20. The number of nitrogens with one attached hydrogen (secondary N) is 1. The molecule has 0 aliphatic carbocycles. The topological polar surface area (TPSA) is 86.1 Å². The maximum Gasteiger partial charge on any atom is 0.253 e. The minimum atomic E-state index is -0.223. The Morgan fingerprint density at radius 1 is 1.25 bits per heavy atom. The number of methoxy groups -OCH3 is 1. The first kappa shape index (κ1) is 19.8. The molecular formula is C20H22N4O3S. The third kappa shape index (κ3) is 5.04. The van der Waals surface area contributed by atoms with Crippen LogP contribution in [0.25, 0.3) is 10.6 Å². The first-order chi connectivity index (χ1) is 13.6. The number of hydrogen-bond donors (Lipinski definition) is 1.